The molecule has 0 bridgehead atoms. The fourth-order valence-electron chi connectivity index (χ4n) is 5.88. The number of likely N-dealkylation sites (tertiary alicyclic amines) is 1. The first-order valence-corrected chi connectivity index (χ1v) is 16.1. The Morgan fingerprint density at radius 2 is 1.59 bits per heavy atom. The van der Waals surface area contributed by atoms with Crippen LogP contribution in [0.15, 0.2) is 72.8 Å². The zero-order valence-electron chi connectivity index (χ0n) is 26.0. The maximum Gasteiger partial charge on any atom is 0.325 e. The van der Waals surface area contributed by atoms with Gasteiger partial charge in [-0.05, 0) is 54.2 Å². The van der Waals surface area contributed by atoms with Crippen molar-refractivity contribution in [1.82, 2.24) is 15.5 Å². The van der Waals surface area contributed by atoms with Gasteiger partial charge in [0.2, 0.25) is 0 Å². The van der Waals surface area contributed by atoms with Gasteiger partial charge in [-0.3, -0.25) is 4.79 Å². The number of carbonyl (C=O) groups excluding carboxylic acids is 2. The lowest BCUT2D eigenvalue weighted by Gasteiger charge is -2.42. The van der Waals surface area contributed by atoms with Gasteiger partial charge < -0.3 is 40.0 Å². The fourth-order valence-corrected chi connectivity index (χ4v) is 6.00. The molecule has 0 aromatic heterocycles. The van der Waals surface area contributed by atoms with E-state index in [1.165, 1.54) is 0 Å². The summed E-state index contributed by atoms with van der Waals surface area (Å²) in [6.45, 7) is 4.19. The lowest BCUT2D eigenvalue weighted by Crippen LogP contribution is -2.46. The molecule has 0 saturated carbocycles. The molecule has 0 radical (unpaired) electrons. The van der Waals surface area contributed by atoms with Gasteiger partial charge in [-0.15, -0.1) is 0 Å². The Kier molecular flexibility index (Phi) is 11.7. The highest BCUT2D eigenvalue weighted by Crippen LogP contribution is 2.39. The van der Waals surface area contributed by atoms with Crippen LogP contribution in [0.5, 0.6) is 0 Å². The number of rotatable bonds is 11. The van der Waals surface area contributed by atoms with E-state index in [1.807, 2.05) is 72.8 Å². The van der Waals surface area contributed by atoms with E-state index in [1.54, 1.807) is 6.92 Å². The van der Waals surface area contributed by atoms with Crippen molar-refractivity contribution < 1.29 is 34.0 Å². The molecule has 4 N–H and O–H groups in total. The number of nitrogens with zero attached hydrogens (tertiary/aromatic N) is 1. The van der Waals surface area contributed by atoms with Crippen molar-refractivity contribution in [3.8, 4) is 0 Å². The van der Waals surface area contributed by atoms with Crippen molar-refractivity contribution in [2.75, 3.05) is 32.8 Å². The summed E-state index contributed by atoms with van der Waals surface area (Å²) in [5.41, 5.74) is 3.59. The van der Waals surface area contributed by atoms with Crippen LogP contribution < -0.4 is 10.6 Å². The predicted molar refractivity (Wildman–Crippen MR) is 173 cm³/mol. The van der Waals surface area contributed by atoms with E-state index in [0.717, 1.165) is 40.9 Å². The highest BCUT2D eigenvalue weighted by Gasteiger charge is 2.37. The molecule has 2 saturated heterocycles. The molecule has 2 amide bonds. The number of amides is 2. The van der Waals surface area contributed by atoms with Gasteiger partial charge in [-0.25, -0.2) is 4.79 Å². The van der Waals surface area contributed by atoms with Crippen molar-refractivity contribution in [3.05, 3.63) is 106 Å². The summed E-state index contributed by atoms with van der Waals surface area (Å²) in [7, 11) is 0. The fraction of sp³-hybridized carbons (Fsp3) is 0.429. The van der Waals surface area contributed by atoms with Gasteiger partial charge in [0.25, 0.3) is 0 Å². The molecule has 3 aromatic rings. The maximum absolute atomic E-state index is 12.1. The van der Waals surface area contributed by atoms with E-state index in [2.05, 4.69) is 15.5 Å². The molecule has 46 heavy (non-hydrogen) atoms. The molecule has 0 spiro atoms. The number of piperidine rings is 1. The summed E-state index contributed by atoms with van der Waals surface area (Å²) in [5.74, 6) is -0.491. The van der Waals surface area contributed by atoms with Gasteiger partial charge in [-0.1, -0.05) is 72.3 Å². The van der Waals surface area contributed by atoms with Crippen LogP contribution in [-0.4, -0.2) is 66.0 Å². The molecule has 2 heterocycles. The molecule has 10 nitrogen and oxygen atoms in total. The molecule has 2 aliphatic heterocycles. The Morgan fingerprint density at radius 3 is 2.24 bits per heavy atom. The molecule has 246 valence electrons. The van der Waals surface area contributed by atoms with Crippen LogP contribution in [0, 0.1) is 0 Å². The minimum absolute atomic E-state index is 0.0221. The Labute approximate surface area is 274 Å². The third-order valence-electron chi connectivity index (χ3n) is 8.55. The van der Waals surface area contributed by atoms with Crippen molar-refractivity contribution in [1.29, 1.82) is 0 Å². The molecule has 3 aromatic carbocycles. The second-order valence-electron chi connectivity index (χ2n) is 11.8. The van der Waals surface area contributed by atoms with E-state index in [9.17, 15) is 19.8 Å². The molecule has 5 rings (SSSR count). The topological polar surface area (TPSA) is 130 Å². The number of benzene rings is 3. The van der Waals surface area contributed by atoms with E-state index in [-0.39, 0.29) is 38.5 Å². The average molecular weight is 652 g/mol. The third-order valence-corrected chi connectivity index (χ3v) is 8.80. The SMILES string of the molecule is CCOC(=O)CNC(=O)NCc1ccc([C@@H]2O[C@H](CN3CCC(O)(c4ccc(Cl)cc4)CC3)C[C@H](c3ccc(CO)cc3)O2)cc1. The molecule has 3 atom stereocenters. The first-order valence-electron chi connectivity index (χ1n) is 15.7. The number of hydrogen-bond donors (Lipinski definition) is 4. The smallest absolute Gasteiger partial charge is 0.325 e. The largest absolute Gasteiger partial charge is 0.465 e. The lowest BCUT2D eigenvalue weighted by atomic mass is 9.84. The lowest BCUT2D eigenvalue weighted by molar-refractivity contribution is -0.253. The third kappa shape index (κ3) is 9.06. The van der Waals surface area contributed by atoms with Crippen LogP contribution in [0.2, 0.25) is 5.02 Å². The van der Waals surface area contributed by atoms with Crippen molar-refractivity contribution >= 4 is 23.6 Å². The normalized spacial score (nSPS) is 21.3. The van der Waals surface area contributed by atoms with Crippen LogP contribution in [0.1, 0.15) is 66.4 Å². The van der Waals surface area contributed by atoms with Gasteiger partial charge in [-0.2, -0.15) is 0 Å². The molecule has 2 fully saturated rings. The molecular formula is C35H42ClN3O7. The van der Waals surface area contributed by atoms with Crippen molar-refractivity contribution in [3.63, 3.8) is 0 Å². The van der Waals surface area contributed by atoms with Crippen LogP contribution in [0.4, 0.5) is 4.79 Å². The van der Waals surface area contributed by atoms with Crippen molar-refractivity contribution in [2.24, 2.45) is 0 Å². The van der Waals surface area contributed by atoms with E-state index in [0.29, 0.717) is 30.8 Å². The van der Waals surface area contributed by atoms with Crippen LogP contribution in [-0.2, 0) is 37.8 Å². The number of urea groups is 1. The van der Waals surface area contributed by atoms with Gasteiger partial charge >= 0.3 is 12.0 Å². The number of hydrogen-bond acceptors (Lipinski definition) is 8. The molecular weight excluding hydrogens is 610 g/mol. The maximum atomic E-state index is 12.1. The van der Waals surface area contributed by atoms with Gasteiger partial charge in [0, 0.05) is 43.2 Å². The second-order valence-corrected chi connectivity index (χ2v) is 12.2. The monoisotopic (exact) mass is 651 g/mol. The molecule has 11 heteroatoms. The number of ether oxygens (including phenoxy) is 3. The van der Waals surface area contributed by atoms with E-state index >= 15 is 0 Å². The minimum atomic E-state index is -0.880. The quantitative estimate of drug-likeness (QED) is 0.219. The first-order chi connectivity index (χ1) is 22.2. The molecule has 0 unspecified atom stereocenters. The molecule has 0 aliphatic carbocycles. The van der Waals surface area contributed by atoms with Gasteiger partial charge in [0.05, 0.1) is 31.0 Å². The van der Waals surface area contributed by atoms with Gasteiger partial charge in [0.1, 0.15) is 6.54 Å². The van der Waals surface area contributed by atoms with Gasteiger partial charge in [0.15, 0.2) is 6.29 Å². The number of aliphatic hydroxyl groups excluding tert-OH is 1. The summed E-state index contributed by atoms with van der Waals surface area (Å²) in [5, 5.41) is 26.7. The number of carbonyl (C=O) groups is 2. The Hall–Kier alpha value is -3.51. The average Bonchev–Trinajstić information content (AvgIpc) is 3.08. The minimum Gasteiger partial charge on any atom is -0.465 e. The predicted octanol–water partition coefficient (Wildman–Crippen LogP) is 4.72. The summed E-state index contributed by atoms with van der Waals surface area (Å²) < 4.78 is 17.8. The Bertz CT molecular complexity index is 1430. The summed E-state index contributed by atoms with van der Waals surface area (Å²) in [6, 6.07) is 22.5. The number of nitrogens with one attached hydrogen (secondary N) is 2. The van der Waals surface area contributed by atoms with E-state index < -0.39 is 23.9 Å². The summed E-state index contributed by atoms with van der Waals surface area (Å²) >= 11 is 6.06. The van der Waals surface area contributed by atoms with E-state index in [4.69, 9.17) is 25.8 Å². The zero-order chi connectivity index (χ0) is 32.5. The number of halogens is 1. The second kappa shape index (κ2) is 15.9. The van der Waals surface area contributed by atoms with Crippen molar-refractivity contribution in [2.45, 2.75) is 63.4 Å². The zero-order valence-corrected chi connectivity index (χ0v) is 26.7. The van der Waals surface area contributed by atoms with Crippen LogP contribution >= 0.6 is 11.6 Å². The highest BCUT2D eigenvalue weighted by molar-refractivity contribution is 6.30. The summed E-state index contributed by atoms with van der Waals surface area (Å²) in [4.78, 5) is 25.9. The summed E-state index contributed by atoms with van der Waals surface area (Å²) in [6.07, 6.45) is 0.958. The van der Waals surface area contributed by atoms with Crippen LogP contribution in [0.25, 0.3) is 0 Å². The Balaban J connectivity index is 1.22. The number of aliphatic hydroxyl groups is 2. The highest BCUT2D eigenvalue weighted by atomic mass is 35.5. The van der Waals surface area contributed by atoms with Crippen LogP contribution in [0.3, 0.4) is 0 Å². The number of esters is 1. The molecule has 2 aliphatic rings. The Morgan fingerprint density at radius 1 is 0.935 bits per heavy atom. The standard InChI is InChI=1S/C35H42ClN3O7/c1-2-44-32(41)21-38-34(42)37-20-24-3-9-27(10-4-24)33-45-30(19-31(46-33)26-7-5-25(23-40)6-8-26)22-39-17-15-35(43,16-18-39)28-11-13-29(36)14-12-28/h3-14,30-31,33,40,43H,2,15-23H2,1H3,(H2,37,38,42)/t30-,31+,33+/m0/s1. The first kappa shape index (κ1) is 33.8.